The number of amides is 1. The molecular formula is C22H20ClFN2O3S. The first-order chi connectivity index (χ1) is 14.3. The van der Waals surface area contributed by atoms with Crippen molar-refractivity contribution in [3.05, 3.63) is 95.3 Å². The van der Waals surface area contributed by atoms with Crippen molar-refractivity contribution in [1.82, 2.24) is 5.32 Å². The molecule has 156 valence electrons. The number of anilines is 1. The van der Waals surface area contributed by atoms with Crippen molar-refractivity contribution in [3.63, 3.8) is 0 Å². The van der Waals surface area contributed by atoms with Crippen molar-refractivity contribution in [3.8, 4) is 0 Å². The molecule has 3 aromatic rings. The molecule has 0 aromatic heterocycles. The van der Waals surface area contributed by atoms with Gasteiger partial charge in [-0.1, -0.05) is 48.0 Å². The average molecular weight is 447 g/mol. The van der Waals surface area contributed by atoms with Crippen LogP contribution in [0, 0.1) is 5.82 Å². The van der Waals surface area contributed by atoms with Crippen molar-refractivity contribution >= 4 is 33.2 Å². The van der Waals surface area contributed by atoms with Crippen LogP contribution in [-0.4, -0.2) is 20.9 Å². The Labute approximate surface area is 180 Å². The molecule has 0 aliphatic carbocycles. The van der Waals surface area contributed by atoms with Gasteiger partial charge in [0.15, 0.2) is 0 Å². The summed E-state index contributed by atoms with van der Waals surface area (Å²) in [5.41, 5.74) is 0.973. The van der Waals surface area contributed by atoms with E-state index < -0.39 is 28.5 Å². The molecule has 0 spiro atoms. The summed E-state index contributed by atoms with van der Waals surface area (Å²) < 4.78 is 40.6. The van der Waals surface area contributed by atoms with Crippen LogP contribution >= 0.6 is 11.6 Å². The van der Waals surface area contributed by atoms with E-state index in [-0.39, 0.29) is 16.4 Å². The second kappa shape index (κ2) is 9.28. The fourth-order valence-corrected chi connectivity index (χ4v) is 4.54. The molecule has 30 heavy (non-hydrogen) atoms. The molecular weight excluding hydrogens is 427 g/mol. The van der Waals surface area contributed by atoms with Crippen LogP contribution in [0.5, 0.6) is 0 Å². The van der Waals surface area contributed by atoms with Gasteiger partial charge in [-0.3, -0.25) is 9.10 Å². The van der Waals surface area contributed by atoms with E-state index in [0.717, 1.165) is 4.31 Å². The van der Waals surface area contributed by atoms with Crippen LogP contribution < -0.4 is 9.62 Å². The predicted molar refractivity (Wildman–Crippen MR) is 115 cm³/mol. The Morgan fingerprint density at radius 2 is 1.70 bits per heavy atom. The summed E-state index contributed by atoms with van der Waals surface area (Å²) >= 11 is 6.05. The highest BCUT2D eigenvalue weighted by Crippen LogP contribution is 2.26. The minimum absolute atomic E-state index is 0.0596. The Morgan fingerprint density at radius 3 is 2.33 bits per heavy atom. The zero-order chi connectivity index (χ0) is 21.7. The molecule has 0 bridgehead atoms. The third-order valence-electron chi connectivity index (χ3n) is 4.46. The van der Waals surface area contributed by atoms with E-state index in [1.165, 1.54) is 30.3 Å². The molecule has 0 unspecified atom stereocenters. The third-order valence-corrected chi connectivity index (χ3v) is 6.49. The lowest BCUT2D eigenvalue weighted by atomic mass is 10.1. The van der Waals surface area contributed by atoms with E-state index in [1.54, 1.807) is 55.5 Å². The van der Waals surface area contributed by atoms with Gasteiger partial charge >= 0.3 is 0 Å². The van der Waals surface area contributed by atoms with Gasteiger partial charge in [0.05, 0.1) is 16.6 Å². The van der Waals surface area contributed by atoms with Crippen LogP contribution in [0.25, 0.3) is 0 Å². The molecule has 1 atom stereocenters. The summed E-state index contributed by atoms with van der Waals surface area (Å²) in [4.78, 5) is 12.8. The molecule has 1 amide bonds. The second-order valence-electron chi connectivity index (χ2n) is 6.65. The van der Waals surface area contributed by atoms with Crippen LogP contribution in [0.1, 0.15) is 18.5 Å². The number of carbonyl (C=O) groups is 1. The number of nitrogens with zero attached hydrogens (tertiary/aromatic N) is 1. The smallest absolute Gasteiger partial charge is 0.264 e. The molecule has 0 saturated carbocycles. The Hall–Kier alpha value is -2.90. The topological polar surface area (TPSA) is 66.5 Å². The molecule has 3 aromatic carbocycles. The van der Waals surface area contributed by atoms with E-state index in [0.29, 0.717) is 10.6 Å². The van der Waals surface area contributed by atoms with E-state index in [1.807, 2.05) is 0 Å². The lowest BCUT2D eigenvalue weighted by Crippen LogP contribution is -2.41. The Bertz CT molecular complexity index is 1120. The minimum atomic E-state index is -4.01. The molecule has 0 aliphatic heterocycles. The van der Waals surface area contributed by atoms with Gasteiger partial charge in [0, 0.05) is 5.02 Å². The largest absolute Gasteiger partial charge is 0.348 e. The van der Waals surface area contributed by atoms with Crippen LogP contribution in [0.4, 0.5) is 10.1 Å². The van der Waals surface area contributed by atoms with Gasteiger partial charge in [-0.2, -0.15) is 0 Å². The summed E-state index contributed by atoms with van der Waals surface area (Å²) in [6.45, 7) is 1.30. The van der Waals surface area contributed by atoms with Crippen molar-refractivity contribution in [2.75, 3.05) is 10.8 Å². The highest BCUT2D eigenvalue weighted by atomic mass is 35.5. The molecule has 0 heterocycles. The van der Waals surface area contributed by atoms with Gasteiger partial charge in [-0.25, -0.2) is 12.8 Å². The molecule has 5 nitrogen and oxygen atoms in total. The van der Waals surface area contributed by atoms with E-state index in [2.05, 4.69) is 5.32 Å². The van der Waals surface area contributed by atoms with Crippen LogP contribution in [0.15, 0.2) is 83.8 Å². The maximum atomic E-state index is 13.2. The first-order valence-corrected chi connectivity index (χ1v) is 11.0. The Balaban J connectivity index is 1.87. The van der Waals surface area contributed by atoms with Gasteiger partial charge in [-0.05, 0) is 55.0 Å². The van der Waals surface area contributed by atoms with Crippen molar-refractivity contribution < 1.29 is 17.6 Å². The number of sulfonamides is 1. The lowest BCUT2D eigenvalue weighted by Gasteiger charge is -2.25. The summed E-state index contributed by atoms with van der Waals surface area (Å²) in [6, 6.07) is 19.5. The number of nitrogens with one attached hydrogen (secondary N) is 1. The molecule has 0 radical (unpaired) electrons. The lowest BCUT2D eigenvalue weighted by molar-refractivity contribution is -0.120. The van der Waals surface area contributed by atoms with Crippen molar-refractivity contribution in [1.29, 1.82) is 0 Å². The molecule has 0 fully saturated rings. The predicted octanol–water partition coefficient (Wildman–Crippen LogP) is 4.55. The first kappa shape index (κ1) is 21.8. The fraction of sp³-hybridized carbons (Fsp3) is 0.136. The van der Waals surface area contributed by atoms with Crippen LogP contribution in [0.3, 0.4) is 0 Å². The normalized spacial score (nSPS) is 12.2. The maximum Gasteiger partial charge on any atom is 0.264 e. The van der Waals surface area contributed by atoms with Gasteiger partial charge in [-0.15, -0.1) is 0 Å². The van der Waals surface area contributed by atoms with E-state index in [9.17, 15) is 17.6 Å². The van der Waals surface area contributed by atoms with Gasteiger partial charge in [0.1, 0.15) is 12.4 Å². The quantitative estimate of drug-likeness (QED) is 0.579. The Morgan fingerprint density at radius 1 is 1.03 bits per heavy atom. The number of rotatable bonds is 7. The summed E-state index contributed by atoms with van der Waals surface area (Å²) in [5, 5.41) is 3.10. The van der Waals surface area contributed by atoms with Gasteiger partial charge in [0.2, 0.25) is 5.91 Å². The standard InChI is InChI=1S/C22H20ClFN2O3S/c1-16(17-10-12-19(24)13-11-17)25-22(27)15-26(20-7-5-6-18(23)14-20)30(28,29)21-8-3-2-4-9-21/h2-14,16H,15H2,1H3,(H,25,27)/t16-/m1/s1. The minimum Gasteiger partial charge on any atom is -0.348 e. The maximum absolute atomic E-state index is 13.2. The van der Waals surface area contributed by atoms with E-state index >= 15 is 0 Å². The van der Waals surface area contributed by atoms with Crippen molar-refractivity contribution in [2.24, 2.45) is 0 Å². The van der Waals surface area contributed by atoms with E-state index in [4.69, 9.17) is 11.6 Å². The number of halogens is 2. The molecule has 3 rings (SSSR count). The number of hydrogen-bond donors (Lipinski definition) is 1. The second-order valence-corrected chi connectivity index (χ2v) is 8.94. The highest BCUT2D eigenvalue weighted by molar-refractivity contribution is 7.92. The monoisotopic (exact) mass is 446 g/mol. The number of carbonyl (C=O) groups excluding carboxylic acids is 1. The highest BCUT2D eigenvalue weighted by Gasteiger charge is 2.27. The van der Waals surface area contributed by atoms with Gasteiger partial charge < -0.3 is 5.32 Å². The van der Waals surface area contributed by atoms with Gasteiger partial charge in [0.25, 0.3) is 10.0 Å². The number of hydrogen-bond acceptors (Lipinski definition) is 3. The van der Waals surface area contributed by atoms with Crippen LogP contribution in [-0.2, 0) is 14.8 Å². The van der Waals surface area contributed by atoms with Crippen LogP contribution in [0.2, 0.25) is 5.02 Å². The summed E-state index contributed by atoms with van der Waals surface area (Å²) in [6.07, 6.45) is 0. The molecule has 1 N–H and O–H groups in total. The first-order valence-electron chi connectivity index (χ1n) is 9.15. The summed E-state index contributed by atoms with van der Waals surface area (Å²) in [7, 11) is -4.01. The zero-order valence-corrected chi connectivity index (χ0v) is 17.7. The zero-order valence-electron chi connectivity index (χ0n) is 16.1. The molecule has 8 heteroatoms. The molecule has 0 aliphatic rings. The molecule has 0 saturated heterocycles. The number of benzene rings is 3. The average Bonchev–Trinajstić information content (AvgIpc) is 2.73. The third kappa shape index (κ3) is 5.17. The Kier molecular flexibility index (Phi) is 6.74. The summed E-state index contributed by atoms with van der Waals surface area (Å²) in [5.74, 6) is -0.885. The van der Waals surface area contributed by atoms with Crippen molar-refractivity contribution in [2.45, 2.75) is 17.9 Å². The fourth-order valence-electron chi connectivity index (χ4n) is 2.92. The SMILES string of the molecule is C[C@@H](NC(=O)CN(c1cccc(Cl)c1)S(=O)(=O)c1ccccc1)c1ccc(F)cc1.